The van der Waals surface area contributed by atoms with Crippen molar-refractivity contribution >= 4 is 18.2 Å². The van der Waals surface area contributed by atoms with Gasteiger partial charge in [-0.05, 0) is 46.1 Å². The van der Waals surface area contributed by atoms with E-state index in [9.17, 15) is 0 Å². The molecule has 0 bridgehead atoms. The summed E-state index contributed by atoms with van der Waals surface area (Å²) in [6, 6.07) is 4.01. The van der Waals surface area contributed by atoms with E-state index >= 15 is 0 Å². The van der Waals surface area contributed by atoms with Gasteiger partial charge >= 0.3 is 7.12 Å². The Kier molecular flexibility index (Phi) is 2.56. The Bertz CT molecular complexity index is 617. The van der Waals surface area contributed by atoms with Gasteiger partial charge in [0.05, 0.1) is 11.2 Å². The second kappa shape index (κ2) is 3.84. The number of nitrogens with zero attached hydrogens (tertiary/aromatic N) is 2. The minimum atomic E-state index is -0.323. The van der Waals surface area contributed by atoms with E-state index in [1.807, 2.05) is 31.5 Å². The van der Waals surface area contributed by atoms with Crippen LogP contribution >= 0.6 is 0 Å². The lowest BCUT2D eigenvalue weighted by Crippen LogP contribution is -2.41. The number of pyridine rings is 1. The van der Waals surface area contributed by atoms with Gasteiger partial charge in [-0.25, -0.2) is 4.98 Å². The van der Waals surface area contributed by atoms with E-state index in [2.05, 4.69) is 37.1 Å². The first-order chi connectivity index (χ1) is 8.80. The minimum absolute atomic E-state index is 0.309. The topological polar surface area (TPSA) is 35.8 Å². The van der Waals surface area contributed by atoms with Crippen LogP contribution in [-0.4, -0.2) is 27.7 Å². The van der Waals surface area contributed by atoms with Crippen molar-refractivity contribution < 1.29 is 9.31 Å². The minimum Gasteiger partial charge on any atom is -0.399 e. The van der Waals surface area contributed by atoms with Gasteiger partial charge in [0, 0.05) is 18.1 Å². The van der Waals surface area contributed by atoms with E-state index in [1.54, 1.807) is 0 Å². The molecule has 0 amide bonds. The van der Waals surface area contributed by atoms with Crippen LogP contribution in [0.4, 0.5) is 0 Å². The van der Waals surface area contributed by atoms with E-state index in [1.165, 1.54) is 0 Å². The number of rotatable bonds is 1. The zero-order valence-electron chi connectivity index (χ0n) is 12.1. The van der Waals surface area contributed by atoms with Crippen molar-refractivity contribution in [2.24, 2.45) is 0 Å². The first kappa shape index (κ1) is 12.7. The number of hydrogen-bond acceptors (Lipinski definition) is 3. The van der Waals surface area contributed by atoms with Gasteiger partial charge in [-0.1, -0.05) is 6.07 Å². The van der Waals surface area contributed by atoms with E-state index < -0.39 is 0 Å². The molecule has 0 saturated carbocycles. The Hall–Kier alpha value is -1.33. The number of hydrogen-bond donors (Lipinski definition) is 0. The third-order valence-corrected chi connectivity index (χ3v) is 4.24. The Morgan fingerprint density at radius 1 is 1.11 bits per heavy atom. The highest BCUT2D eigenvalue weighted by Gasteiger charge is 2.51. The highest BCUT2D eigenvalue weighted by molar-refractivity contribution is 6.62. The Morgan fingerprint density at radius 3 is 2.37 bits per heavy atom. The third kappa shape index (κ3) is 1.88. The average Bonchev–Trinajstić information content (AvgIpc) is 2.78. The van der Waals surface area contributed by atoms with E-state index in [4.69, 9.17) is 9.31 Å². The van der Waals surface area contributed by atoms with Crippen molar-refractivity contribution in [2.75, 3.05) is 0 Å². The smallest absolute Gasteiger partial charge is 0.399 e. The van der Waals surface area contributed by atoms with Crippen LogP contribution in [0.15, 0.2) is 24.5 Å². The zero-order valence-corrected chi connectivity index (χ0v) is 12.1. The summed E-state index contributed by atoms with van der Waals surface area (Å²) in [5.74, 6) is 0. The molecular weight excluding hydrogens is 239 g/mol. The molecule has 0 N–H and O–H groups in total. The van der Waals surface area contributed by atoms with Gasteiger partial charge in [0.25, 0.3) is 0 Å². The molecule has 0 unspecified atom stereocenters. The predicted molar refractivity (Wildman–Crippen MR) is 75.6 cm³/mol. The maximum Gasteiger partial charge on any atom is 0.496 e. The largest absolute Gasteiger partial charge is 0.496 e. The summed E-state index contributed by atoms with van der Waals surface area (Å²) in [7, 11) is -0.323. The van der Waals surface area contributed by atoms with Crippen LogP contribution in [0.5, 0.6) is 0 Å². The van der Waals surface area contributed by atoms with Crippen molar-refractivity contribution in [3.63, 3.8) is 0 Å². The predicted octanol–water partition coefficient (Wildman–Crippen LogP) is 1.94. The molecule has 0 aliphatic carbocycles. The van der Waals surface area contributed by atoms with Crippen molar-refractivity contribution in [2.45, 2.75) is 45.8 Å². The summed E-state index contributed by atoms with van der Waals surface area (Å²) in [5.41, 5.74) is 2.45. The normalized spacial score (nSPS) is 21.2. The fourth-order valence-electron chi connectivity index (χ4n) is 2.24. The lowest BCUT2D eigenvalue weighted by atomic mass is 9.80. The summed E-state index contributed by atoms with van der Waals surface area (Å²) in [6.07, 6.45) is 3.91. The summed E-state index contributed by atoms with van der Waals surface area (Å²) in [5, 5.41) is 0. The Morgan fingerprint density at radius 2 is 1.74 bits per heavy atom. The Balaban J connectivity index is 2.00. The first-order valence-electron chi connectivity index (χ1n) is 6.59. The number of imidazole rings is 1. The van der Waals surface area contributed by atoms with E-state index in [0.29, 0.717) is 0 Å². The van der Waals surface area contributed by atoms with Crippen LogP contribution in [0.3, 0.4) is 0 Å². The van der Waals surface area contributed by atoms with Crippen LogP contribution in [0, 0.1) is 6.92 Å². The average molecular weight is 258 g/mol. The first-order valence-corrected chi connectivity index (χ1v) is 6.59. The number of aryl methyl sites for hydroxylation is 1. The van der Waals surface area contributed by atoms with Gasteiger partial charge in [-0.3, -0.25) is 0 Å². The molecular formula is C14H19BN2O2. The highest BCUT2D eigenvalue weighted by Crippen LogP contribution is 2.36. The van der Waals surface area contributed by atoms with E-state index in [-0.39, 0.29) is 18.3 Å². The number of fused-ring (bicyclic) bond motifs is 1. The fourth-order valence-corrected chi connectivity index (χ4v) is 2.24. The van der Waals surface area contributed by atoms with Gasteiger partial charge in [-0.15, -0.1) is 0 Å². The van der Waals surface area contributed by atoms with Gasteiger partial charge in [0.15, 0.2) is 0 Å². The van der Waals surface area contributed by atoms with Crippen LogP contribution in [0.1, 0.15) is 33.4 Å². The lowest BCUT2D eigenvalue weighted by Gasteiger charge is -2.32. The van der Waals surface area contributed by atoms with E-state index in [0.717, 1.165) is 16.8 Å². The van der Waals surface area contributed by atoms with Crippen molar-refractivity contribution in [1.82, 2.24) is 9.38 Å². The maximum absolute atomic E-state index is 6.06. The van der Waals surface area contributed by atoms with Crippen LogP contribution in [-0.2, 0) is 9.31 Å². The summed E-state index contributed by atoms with van der Waals surface area (Å²) >= 11 is 0. The molecule has 4 nitrogen and oxygen atoms in total. The molecule has 3 heterocycles. The quantitative estimate of drug-likeness (QED) is 0.733. The summed E-state index contributed by atoms with van der Waals surface area (Å²) in [4.78, 5) is 4.32. The molecule has 0 atom stereocenters. The summed E-state index contributed by atoms with van der Waals surface area (Å²) in [6.45, 7) is 10.3. The van der Waals surface area contributed by atoms with Crippen molar-refractivity contribution in [3.8, 4) is 0 Å². The van der Waals surface area contributed by atoms with Gasteiger partial charge in [-0.2, -0.15) is 0 Å². The molecule has 0 spiro atoms. The molecule has 0 aromatic carbocycles. The third-order valence-electron chi connectivity index (χ3n) is 4.24. The lowest BCUT2D eigenvalue weighted by molar-refractivity contribution is 0.00578. The highest BCUT2D eigenvalue weighted by atomic mass is 16.7. The Labute approximate surface area is 113 Å². The van der Waals surface area contributed by atoms with Crippen LogP contribution in [0.25, 0.3) is 5.65 Å². The van der Waals surface area contributed by atoms with Crippen LogP contribution in [0.2, 0.25) is 0 Å². The standard InChI is InChI=1S/C14H19BN2O2/c1-10-8-16-12-7-6-11(9-17(10)12)15-18-13(2,3)14(4,5)19-15/h6-9H,1-5H3. The fraction of sp³-hybridized carbons (Fsp3) is 0.500. The molecule has 1 fully saturated rings. The second-order valence-corrected chi connectivity index (χ2v) is 6.18. The molecule has 1 aliphatic rings. The summed E-state index contributed by atoms with van der Waals surface area (Å²) < 4.78 is 14.2. The SMILES string of the molecule is Cc1cnc2ccc(B3OC(C)(C)C(C)(C)O3)cn12. The molecule has 19 heavy (non-hydrogen) atoms. The van der Waals surface area contributed by atoms with Crippen LogP contribution < -0.4 is 5.46 Å². The molecule has 2 aromatic heterocycles. The van der Waals surface area contributed by atoms with Crippen molar-refractivity contribution in [3.05, 3.63) is 30.2 Å². The molecule has 3 rings (SSSR count). The molecule has 2 aromatic rings. The maximum atomic E-state index is 6.06. The molecule has 0 radical (unpaired) electrons. The van der Waals surface area contributed by atoms with Gasteiger partial charge in [0.1, 0.15) is 5.65 Å². The van der Waals surface area contributed by atoms with Crippen molar-refractivity contribution in [1.29, 1.82) is 0 Å². The zero-order chi connectivity index (χ0) is 13.8. The monoisotopic (exact) mass is 258 g/mol. The van der Waals surface area contributed by atoms with Gasteiger partial charge < -0.3 is 13.7 Å². The molecule has 1 aliphatic heterocycles. The second-order valence-electron chi connectivity index (χ2n) is 6.18. The van der Waals surface area contributed by atoms with Gasteiger partial charge in [0.2, 0.25) is 0 Å². The molecule has 1 saturated heterocycles. The number of aromatic nitrogens is 2. The molecule has 5 heteroatoms. The molecule has 100 valence electrons.